The minimum atomic E-state index is -0.534. The molecule has 4 nitrogen and oxygen atoms in total. The van der Waals surface area contributed by atoms with Crippen LogP contribution in [0.4, 0.5) is 0 Å². The van der Waals surface area contributed by atoms with Crippen LogP contribution in [0.25, 0.3) is 10.8 Å². The number of ether oxygens (including phenoxy) is 2. The lowest BCUT2D eigenvalue weighted by atomic mass is 10.1. The molecule has 0 aliphatic heterocycles. The molecule has 0 unspecified atom stereocenters. The average molecular weight is 289 g/mol. The van der Waals surface area contributed by atoms with Gasteiger partial charge in [-0.15, -0.1) is 0 Å². The van der Waals surface area contributed by atoms with Crippen molar-refractivity contribution in [1.82, 2.24) is 5.32 Å². The molecule has 0 aromatic heterocycles. The second-order valence-electron chi connectivity index (χ2n) is 5.37. The number of nitrogens with one attached hydrogen (secondary N) is 1. The van der Waals surface area contributed by atoms with Crippen LogP contribution in [-0.2, 0) is 0 Å². The van der Waals surface area contributed by atoms with Gasteiger partial charge in [0, 0.05) is 18.0 Å². The normalized spacial score (nSPS) is 12.6. The first-order valence-electron chi connectivity index (χ1n) is 7.21. The highest BCUT2D eigenvalue weighted by Crippen LogP contribution is 2.29. The molecule has 114 valence electrons. The molecule has 1 atom stereocenters. The first-order chi connectivity index (χ1) is 10.1. The Morgan fingerprint density at radius 2 is 2.00 bits per heavy atom. The van der Waals surface area contributed by atoms with Crippen molar-refractivity contribution in [2.45, 2.75) is 26.0 Å². The van der Waals surface area contributed by atoms with Gasteiger partial charge in [0.05, 0.1) is 7.11 Å². The van der Waals surface area contributed by atoms with Crippen molar-refractivity contribution in [2.75, 3.05) is 20.3 Å². The highest BCUT2D eigenvalue weighted by Gasteiger charge is 2.08. The Bertz CT molecular complexity index is 583. The van der Waals surface area contributed by atoms with Crippen LogP contribution in [0.2, 0.25) is 0 Å². The fraction of sp³-hybridized carbons (Fsp3) is 0.412. The number of hydrogen-bond acceptors (Lipinski definition) is 4. The topological polar surface area (TPSA) is 50.7 Å². The van der Waals surface area contributed by atoms with Crippen molar-refractivity contribution in [2.24, 2.45) is 0 Å². The van der Waals surface area contributed by atoms with Crippen LogP contribution in [0.15, 0.2) is 36.4 Å². The average Bonchev–Trinajstić information content (AvgIpc) is 2.50. The third-order valence-corrected chi connectivity index (χ3v) is 3.24. The van der Waals surface area contributed by atoms with E-state index in [4.69, 9.17) is 9.47 Å². The molecule has 2 N–H and O–H groups in total. The highest BCUT2D eigenvalue weighted by atomic mass is 16.5. The van der Waals surface area contributed by atoms with Gasteiger partial charge in [-0.05, 0) is 23.6 Å². The van der Waals surface area contributed by atoms with E-state index in [1.54, 1.807) is 7.11 Å². The Morgan fingerprint density at radius 1 is 1.19 bits per heavy atom. The Balaban J connectivity index is 2.07. The van der Waals surface area contributed by atoms with E-state index in [9.17, 15) is 5.11 Å². The van der Waals surface area contributed by atoms with Crippen molar-refractivity contribution in [3.63, 3.8) is 0 Å². The molecule has 2 aromatic rings. The summed E-state index contributed by atoms with van der Waals surface area (Å²) >= 11 is 0. The standard InChI is InChI=1S/C17H23NO3/c1-12(2)18-10-14(19)11-21-17-6-4-5-13-7-8-15(20-3)9-16(13)17/h4-9,12,14,18-19H,10-11H2,1-3H3/t14-/m1/s1. The third-order valence-electron chi connectivity index (χ3n) is 3.24. The molecule has 0 aliphatic carbocycles. The van der Waals surface area contributed by atoms with Crippen LogP contribution in [0.5, 0.6) is 11.5 Å². The zero-order chi connectivity index (χ0) is 15.2. The number of rotatable bonds is 7. The van der Waals surface area contributed by atoms with Crippen molar-refractivity contribution >= 4 is 10.8 Å². The zero-order valence-corrected chi connectivity index (χ0v) is 12.8. The lowest BCUT2D eigenvalue weighted by Crippen LogP contribution is -2.35. The third kappa shape index (κ3) is 4.34. The van der Waals surface area contributed by atoms with Crippen molar-refractivity contribution in [3.8, 4) is 11.5 Å². The maximum atomic E-state index is 9.92. The fourth-order valence-corrected chi connectivity index (χ4v) is 2.09. The molecule has 0 heterocycles. The van der Waals surface area contributed by atoms with Gasteiger partial charge >= 0.3 is 0 Å². The molecular weight excluding hydrogens is 266 g/mol. The Labute approximate surface area is 125 Å². The second kappa shape index (κ2) is 7.29. The van der Waals surface area contributed by atoms with E-state index in [-0.39, 0.29) is 6.61 Å². The van der Waals surface area contributed by atoms with Crippen LogP contribution >= 0.6 is 0 Å². The minimum Gasteiger partial charge on any atom is -0.497 e. The van der Waals surface area contributed by atoms with E-state index in [0.717, 1.165) is 22.3 Å². The van der Waals surface area contributed by atoms with Gasteiger partial charge in [0.15, 0.2) is 0 Å². The quantitative estimate of drug-likeness (QED) is 0.822. The van der Waals surface area contributed by atoms with Crippen molar-refractivity contribution < 1.29 is 14.6 Å². The summed E-state index contributed by atoms with van der Waals surface area (Å²) in [6, 6.07) is 12.1. The molecule has 0 saturated carbocycles. The summed E-state index contributed by atoms with van der Waals surface area (Å²) in [7, 11) is 1.64. The van der Waals surface area contributed by atoms with Crippen LogP contribution in [0.3, 0.4) is 0 Å². The predicted molar refractivity (Wildman–Crippen MR) is 85.1 cm³/mol. The lowest BCUT2D eigenvalue weighted by Gasteiger charge is -2.16. The number of aliphatic hydroxyl groups excluding tert-OH is 1. The molecule has 0 spiro atoms. The summed E-state index contributed by atoms with van der Waals surface area (Å²) < 4.78 is 11.0. The Kier molecular flexibility index (Phi) is 5.42. The van der Waals surface area contributed by atoms with Gasteiger partial charge in [0.2, 0.25) is 0 Å². The molecule has 0 fully saturated rings. The zero-order valence-electron chi connectivity index (χ0n) is 12.8. The van der Waals surface area contributed by atoms with Gasteiger partial charge in [-0.2, -0.15) is 0 Å². The van der Waals surface area contributed by atoms with Crippen LogP contribution < -0.4 is 14.8 Å². The first kappa shape index (κ1) is 15.6. The molecular formula is C17H23NO3. The largest absolute Gasteiger partial charge is 0.497 e. The fourth-order valence-electron chi connectivity index (χ4n) is 2.09. The maximum Gasteiger partial charge on any atom is 0.127 e. The van der Waals surface area contributed by atoms with E-state index >= 15 is 0 Å². The number of hydrogen-bond donors (Lipinski definition) is 2. The minimum absolute atomic E-state index is 0.260. The van der Waals surface area contributed by atoms with E-state index in [1.807, 2.05) is 50.2 Å². The molecule has 0 bridgehead atoms. The second-order valence-corrected chi connectivity index (χ2v) is 5.37. The summed E-state index contributed by atoms with van der Waals surface area (Å²) in [4.78, 5) is 0. The van der Waals surface area contributed by atoms with Crippen molar-refractivity contribution in [1.29, 1.82) is 0 Å². The first-order valence-corrected chi connectivity index (χ1v) is 7.21. The molecule has 0 saturated heterocycles. The molecule has 0 radical (unpaired) electrons. The Morgan fingerprint density at radius 3 is 2.71 bits per heavy atom. The monoisotopic (exact) mass is 289 g/mol. The number of aliphatic hydroxyl groups is 1. The summed E-state index contributed by atoms with van der Waals surface area (Å²) in [6.07, 6.45) is -0.534. The Hall–Kier alpha value is -1.78. The van der Waals surface area contributed by atoms with Gasteiger partial charge in [0.1, 0.15) is 24.2 Å². The predicted octanol–water partition coefficient (Wildman–Crippen LogP) is 2.59. The maximum absolute atomic E-state index is 9.92. The van der Waals surface area contributed by atoms with Crippen LogP contribution in [0, 0.1) is 0 Å². The number of benzene rings is 2. The smallest absolute Gasteiger partial charge is 0.127 e. The van der Waals surface area contributed by atoms with E-state index in [2.05, 4.69) is 5.32 Å². The van der Waals surface area contributed by atoms with E-state index < -0.39 is 6.10 Å². The summed E-state index contributed by atoms with van der Waals surface area (Å²) in [5, 5.41) is 15.2. The molecule has 0 aliphatic rings. The van der Waals surface area contributed by atoms with Crippen LogP contribution in [-0.4, -0.2) is 37.5 Å². The van der Waals surface area contributed by atoms with Crippen molar-refractivity contribution in [3.05, 3.63) is 36.4 Å². The molecule has 0 amide bonds. The van der Waals surface area contributed by atoms with Gasteiger partial charge in [0.25, 0.3) is 0 Å². The summed E-state index contributed by atoms with van der Waals surface area (Å²) in [5.41, 5.74) is 0. The van der Waals surface area contributed by atoms with Crippen LogP contribution in [0.1, 0.15) is 13.8 Å². The molecule has 2 rings (SSSR count). The van der Waals surface area contributed by atoms with Gasteiger partial charge in [-0.25, -0.2) is 0 Å². The molecule has 2 aromatic carbocycles. The summed E-state index contributed by atoms with van der Waals surface area (Å²) in [5.74, 6) is 1.55. The molecule has 21 heavy (non-hydrogen) atoms. The number of methoxy groups -OCH3 is 1. The van der Waals surface area contributed by atoms with Gasteiger partial charge in [-0.1, -0.05) is 32.0 Å². The lowest BCUT2D eigenvalue weighted by molar-refractivity contribution is 0.105. The SMILES string of the molecule is COc1ccc2cccc(OC[C@H](O)CNC(C)C)c2c1. The van der Waals surface area contributed by atoms with Gasteiger partial charge < -0.3 is 19.9 Å². The van der Waals surface area contributed by atoms with E-state index in [1.165, 1.54) is 0 Å². The van der Waals surface area contributed by atoms with E-state index in [0.29, 0.717) is 12.6 Å². The highest BCUT2D eigenvalue weighted by molar-refractivity contribution is 5.89. The number of fused-ring (bicyclic) bond motifs is 1. The summed E-state index contributed by atoms with van der Waals surface area (Å²) in [6.45, 7) is 4.87. The molecule has 4 heteroatoms. The van der Waals surface area contributed by atoms with Gasteiger partial charge in [-0.3, -0.25) is 0 Å².